The normalized spacial score (nSPS) is 22.1. The summed E-state index contributed by atoms with van der Waals surface area (Å²) in [6.45, 7) is 1.55. The molecule has 1 aliphatic rings. The summed E-state index contributed by atoms with van der Waals surface area (Å²) in [5, 5.41) is 3.94. The van der Waals surface area contributed by atoms with Gasteiger partial charge >= 0.3 is 0 Å². The lowest BCUT2D eigenvalue weighted by Crippen LogP contribution is -2.37. The van der Waals surface area contributed by atoms with Gasteiger partial charge in [-0.2, -0.15) is 4.98 Å². The molecule has 2 aromatic rings. The van der Waals surface area contributed by atoms with E-state index in [1.807, 2.05) is 30.3 Å². The lowest BCUT2D eigenvalue weighted by Gasteiger charge is -2.14. The standard InChI is InChI=1S/C14H17N3O3/c15-14(7-9-18-10-14)13-16-12(17-20-13)6-8-19-11-4-2-1-3-5-11/h1-5H,6-10,15H2. The van der Waals surface area contributed by atoms with Crippen molar-refractivity contribution in [1.82, 2.24) is 10.1 Å². The number of nitrogens with zero attached hydrogens (tertiary/aromatic N) is 2. The van der Waals surface area contributed by atoms with Crippen molar-refractivity contribution in [2.75, 3.05) is 19.8 Å². The van der Waals surface area contributed by atoms with Crippen molar-refractivity contribution in [3.8, 4) is 5.75 Å². The topological polar surface area (TPSA) is 83.4 Å². The van der Waals surface area contributed by atoms with E-state index < -0.39 is 5.54 Å². The SMILES string of the molecule is NC1(c2nc(CCOc3ccccc3)no2)CCOC1. The molecule has 1 fully saturated rings. The zero-order chi connectivity index (χ0) is 13.8. The number of hydrogen-bond acceptors (Lipinski definition) is 6. The highest BCUT2D eigenvalue weighted by molar-refractivity contribution is 5.20. The van der Waals surface area contributed by atoms with Crippen LogP contribution < -0.4 is 10.5 Å². The van der Waals surface area contributed by atoms with Crippen LogP contribution >= 0.6 is 0 Å². The summed E-state index contributed by atoms with van der Waals surface area (Å²) in [6.07, 6.45) is 1.28. The number of aromatic nitrogens is 2. The van der Waals surface area contributed by atoms with Crippen LogP contribution in [0.25, 0.3) is 0 Å². The maximum Gasteiger partial charge on any atom is 0.249 e. The molecule has 1 atom stereocenters. The van der Waals surface area contributed by atoms with Gasteiger partial charge in [0, 0.05) is 13.0 Å². The summed E-state index contributed by atoms with van der Waals surface area (Å²) < 4.78 is 16.1. The van der Waals surface area contributed by atoms with Crippen LogP contribution in [0.1, 0.15) is 18.1 Å². The maximum atomic E-state index is 6.16. The fraction of sp³-hybridized carbons (Fsp3) is 0.429. The van der Waals surface area contributed by atoms with Gasteiger partial charge < -0.3 is 19.7 Å². The predicted octanol–water partition coefficient (Wildman–Crippen LogP) is 1.27. The zero-order valence-corrected chi connectivity index (χ0v) is 11.1. The van der Waals surface area contributed by atoms with Gasteiger partial charge in [0.1, 0.15) is 11.3 Å². The van der Waals surface area contributed by atoms with Crippen molar-refractivity contribution in [2.45, 2.75) is 18.4 Å². The molecule has 6 nitrogen and oxygen atoms in total. The highest BCUT2D eigenvalue weighted by Gasteiger charge is 2.38. The van der Waals surface area contributed by atoms with Crippen LogP contribution in [0.3, 0.4) is 0 Å². The van der Waals surface area contributed by atoms with Crippen molar-refractivity contribution in [3.63, 3.8) is 0 Å². The third-order valence-electron chi connectivity index (χ3n) is 3.28. The molecule has 1 aromatic heterocycles. The minimum absolute atomic E-state index is 0.426. The van der Waals surface area contributed by atoms with Crippen molar-refractivity contribution >= 4 is 0 Å². The van der Waals surface area contributed by atoms with E-state index in [-0.39, 0.29) is 0 Å². The van der Waals surface area contributed by atoms with Crippen molar-refractivity contribution < 1.29 is 14.0 Å². The summed E-state index contributed by atoms with van der Waals surface area (Å²) in [5.74, 6) is 1.88. The van der Waals surface area contributed by atoms with E-state index in [1.165, 1.54) is 0 Å². The largest absolute Gasteiger partial charge is 0.493 e. The molecule has 0 bridgehead atoms. The first-order valence-electron chi connectivity index (χ1n) is 6.64. The van der Waals surface area contributed by atoms with Crippen LogP contribution in [0, 0.1) is 0 Å². The molecule has 20 heavy (non-hydrogen) atoms. The minimum Gasteiger partial charge on any atom is -0.493 e. The molecule has 1 saturated heterocycles. The molecule has 0 aliphatic carbocycles. The average molecular weight is 275 g/mol. The van der Waals surface area contributed by atoms with Gasteiger partial charge in [-0.3, -0.25) is 0 Å². The monoisotopic (exact) mass is 275 g/mol. The van der Waals surface area contributed by atoms with E-state index in [1.54, 1.807) is 0 Å². The van der Waals surface area contributed by atoms with Crippen LogP contribution in [-0.4, -0.2) is 30.0 Å². The first-order valence-corrected chi connectivity index (χ1v) is 6.64. The number of ether oxygens (including phenoxy) is 2. The molecular formula is C14H17N3O3. The van der Waals surface area contributed by atoms with Gasteiger partial charge in [-0.1, -0.05) is 23.4 Å². The number of hydrogen-bond donors (Lipinski definition) is 1. The Morgan fingerprint density at radius 2 is 2.15 bits per heavy atom. The average Bonchev–Trinajstić information content (AvgIpc) is 3.10. The molecule has 2 N–H and O–H groups in total. The predicted molar refractivity (Wildman–Crippen MR) is 71.2 cm³/mol. The zero-order valence-electron chi connectivity index (χ0n) is 11.1. The molecule has 0 amide bonds. The van der Waals surface area contributed by atoms with E-state index in [0.29, 0.717) is 44.4 Å². The highest BCUT2D eigenvalue weighted by Crippen LogP contribution is 2.26. The third kappa shape index (κ3) is 2.81. The highest BCUT2D eigenvalue weighted by atomic mass is 16.5. The fourth-order valence-corrected chi connectivity index (χ4v) is 2.08. The summed E-state index contributed by atoms with van der Waals surface area (Å²) in [7, 11) is 0. The van der Waals surface area contributed by atoms with Gasteiger partial charge in [0.2, 0.25) is 5.89 Å². The summed E-state index contributed by atoms with van der Waals surface area (Å²) >= 11 is 0. The molecule has 2 heterocycles. The van der Waals surface area contributed by atoms with Crippen molar-refractivity contribution in [1.29, 1.82) is 0 Å². The smallest absolute Gasteiger partial charge is 0.249 e. The molecule has 0 saturated carbocycles. The Labute approximate surface area is 116 Å². The number of rotatable bonds is 5. The second kappa shape index (κ2) is 5.60. The Hall–Kier alpha value is -1.92. The molecular weight excluding hydrogens is 258 g/mol. The molecule has 0 spiro atoms. The van der Waals surface area contributed by atoms with Gasteiger partial charge in [-0.25, -0.2) is 0 Å². The van der Waals surface area contributed by atoms with E-state index in [0.717, 1.165) is 5.75 Å². The lowest BCUT2D eigenvalue weighted by molar-refractivity contribution is 0.166. The van der Waals surface area contributed by atoms with E-state index in [2.05, 4.69) is 10.1 Å². The molecule has 106 valence electrons. The van der Waals surface area contributed by atoms with Crippen LogP contribution in [0.4, 0.5) is 0 Å². The van der Waals surface area contributed by atoms with Gasteiger partial charge in [-0.15, -0.1) is 0 Å². The first kappa shape index (κ1) is 13.1. The van der Waals surface area contributed by atoms with Crippen LogP contribution in [-0.2, 0) is 16.7 Å². The van der Waals surface area contributed by atoms with Gasteiger partial charge in [0.05, 0.1) is 13.2 Å². The minimum atomic E-state index is -0.633. The first-order chi connectivity index (χ1) is 9.76. The fourth-order valence-electron chi connectivity index (χ4n) is 2.08. The molecule has 1 unspecified atom stereocenters. The summed E-state index contributed by atoms with van der Waals surface area (Å²) in [4.78, 5) is 4.33. The lowest BCUT2D eigenvalue weighted by atomic mass is 10.0. The molecule has 6 heteroatoms. The number of para-hydroxylation sites is 1. The second-order valence-corrected chi connectivity index (χ2v) is 4.89. The quantitative estimate of drug-likeness (QED) is 0.884. The number of benzene rings is 1. The van der Waals surface area contributed by atoms with Gasteiger partial charge in [0.25, 0.3) is 0 Å². The third-order valence-corrected chi connectivity index (χ3v) is 3.28. The Bertz CT molecular complexity index is 550. The van der Waals surface area contributed by atoms with Crippen molar-refractivity contribution in [2.24, 2.45) is 5.73 Å². The second-order valence-electron chi connectivity index (χ2n) is 4.89. The number of nitrogens with two attached hydrogens (primary N) is 1. The van der Waals surface area contributed by atoms with Gasteiger partial charge in [-0.05, 0) is 18.6 Å². The Morgan fingerprint density at radius 1 is 1.30 bits per heavy atom. The Kier molecular flexibility index (Phi) is 3.66. The Balaban J connectivity index is 1.55. The van der Waals surface area contributed by atoms with Crippen molar-refractivity contribution in [3.05, 3.63) is 42.0 Å². The van der Waals surface area contributed by atoms with E-state index in [9.17, 15) is 0 Å². The molecule has 0 radical (unpaired) electrons. The Morgan fingerprint density at radius 3 is 2.90 bits per heavy atom. The van der Waals surface area contributed by atoms with E-state index in [4.69, 9.17) is 19.7 Å². The van der Waals surface area contributed by atoms with Crippen LogP contribution in [0.15, 0.2) is 34.9 Å². The van der Waals surface area contributed by atoms with Gasteiger partial charge in [0.15, 0.2) is 5.82 Å². The molecule has 1 aromatic carbocycles. The summed E-state index contributed by atoms with van der Waals surface area (Å²) in [5.41, 5.74) is 5.53. The van der Waals surface area contributed by atoms with E-state index >= 15 is 0 Å². The molecule has 1 aliphatic heterocycles. The summed E-state index contributed by atoms with van der Waals surface area (Å²) in [6, 6.07) is 9.63. The van der Waals surface area contributed by atoms with Crippen LogP contribution in [0.2, 0.25) is 0 Å². The van der Waals surface area contributed by atoms with Crippen LogP contribution in [0.5, 0.6) is 5.75 Å². The maximum absolute atomic E-state index is 6.16. The molecule has 3 rings (SSSR count).